The molecule has 1 atom stereocenters. The normalized spacial score (nSPS) is 18.4. The number of hydrogen-bond acceptors (Lipinski definition) is 2. The van der Waals surface area contributed by atoms with Gasteiger partial charge in [-0.1, -0.05) is 19.8 Å². The maximum absolute atomic E-state index is 3.65. The fourth-order valence-corrected chi connectivity index (χ4v) is 2.47. The molecule has 1 nitrogen and oxygen atoms in total. The molecule has 1 heterocycles. The van der Waals surface area contributed by atoms with E-state index >= 15 is 0 Å². The fourth-order valence-electron chi connectivity index (χ4n) is 1.81. The van der Waals surface area contributed by atoms with Crippen molar-refractivity contribution in [2.24, 2.45) is 5.92 Å². The topological polar surface area (TPSA) is 12.0 Å². The van der Waals surface area contributed by atoms with Crippen LogP contribution in [0.1, 0.15) is 38.2 Å². The highest BCUT2D eigenvalue weighted by atomic mass is 32.1. The molecule has 78 valence electrons. The van der Waals surface area contributed by atoms with Crippen molar-refractivity contribution < 1.29 is 0 Å². The summed E-state index contributed by atoms with van der Waals surface area (Å²) < 4.78 is 0. The van der Waals surface area contributed by atoms with Crippen molar-refractivity contribution in [3.05, 3.63) is 22.4 Å². The van der Waals surface area contributed by atoms with Crippen LogP contribution < -0.4 is 5.32 Å². The molecule has 1 unspecified atom stereocenters. The van der Waals surface area contributed by atoms with Crippen molar-refractivity contribution in [1.29, 1.82) is 0 Å². The predicted octanol–water partition coefficient (Wildman–Crippen LogP) is 3.42. The molecule has 2 rings (SSSR count). The van der Waals surface area contributed by atoms with Crippen LogP contribution in [0.15, 0.2) is 16.8 Å². The lowest BCUT2D eigenvalue weighted by Crippen LogP contribution is -2.28. The van der Waals surface area contributed by atoms with Gasteiger partial charge in [-0.15, -0.1) is 0 Å². The highest BCUT2D eigenvalue weighted by Gasteiger charge is 2.24. The second-order valence-electron chi connectivity index (χ2n) is 4.30. The van der Waals surface area contributed by atoms with Gasteiger partial charge in [0.25, 0.3) is 0 Å². The number of thiophene rings is 1. The smallest absolute Gasteiger partial charge is 0.0216 e. The largest absolute Gasteiger partial charge is 0.310 e. The van der Waals surface area contributed by atoms with Gasteiger partial charge in [-0.05, 0) is 41.1 Å². The van der Waals surface area contributed by atoms with Gasteiger partial charge < -0.3 is 5.32 Å². The molecule has 1 N–H and O–H groups in total. The van der Waals surface area contributed by atoms with Crippen molar-refractivity contribution in [3.63, 3.8) is 0 Å². The monoisotopic (exact) mass is 209 g/mol. The molecule has 0 radical (unpaired) electrons. The third-order valence-corrected chi connectivity index (χ3v) is 3.71. The molecular weight excluding hydrogens is 190 g/mol. The third kappa shape index (κ3) is 3.10. The maximum Gasteiger partial charge on any atom is 0.0216 e. The Morgan fingerprint density at radius 2 is 2.43 bits per heavy atom. The van der Waals surface area contributed by atoms with Gasteiger partial charge in [-0.2, -0.15) is 11.3 Å². The standard InChI is InChI=1S/C12H19NS/c1-2-12(7-10-3-4-10)13-8-11-5-6-14-9-11/h5-6,9-10,12-13H,2-4,7-8H2,1H3. The molecule has 0 amide bonds. The molecule has 0 bridgehead atoms. The van der Waals surface area contributed by atoms with Gasteiger partial charge in [0.2, 0.25) is 0 Å². The van der Waals surface area contributed by atoms with Gasteiger partial charge in [0.15, 0.2) is 0 Å². The van der Waals surface area contributed by atoms with Crippen LogP contribution in [0.5, 0.6) is 0 Å². The molecule has 1 aromatic rings. The van der Waals surface area contributed by atoms with Gasteiger partial charge in [0.1, 0.15) is 0 Å². The first-order valence-electron chi connectivity index (χ1n) is 5.63. The van der Waals surface area contributed by atoms with E-state index in [9.17, 15) is 0 Å². The Labute approximate surface area is 90.5 Å². The number of nitrogens with one attached hydrogen (secondary N) is 1. The van der Waals surface area contributed by atoms with Crippen LogP contribution in [0.25, 0.3) is 0 Å². The molecule has 0 aromatic carbocycles. The Kier molecular flexibility index (Phi) is 3.60. The van der Waals surface area contributed by atoms with E-state index in [4.69, 9.17) is 0 Å². The van der Waals surface area contributed by atoms with Gasteiger partial charge in [0, 0.05) is 12.6 Å². The van der Waals surface area contributed by atoms with Crippen molar-refractivity contribution >= 4 is 11.3 Å². The van der Waals surface area contributed by atoms with Gasteiger partial charge in [-0.25, -0.2) is 0 Å². The van der Waals surface area contributed by atoms with Crippen LogP contribution in [-0.2, 0) is 6.54 Å². The SMILES string of the molecule is CCC(CC1CC1)NCc1ccsc1. The zero-order chi connectivity index (χ0) is 9.80. The Balaban J connectivity index is 1.71. The molecule has 1 aromatic heterocycles. The van der Waals surface area contributed by atoms with Crippen LogP contribution in [0.2, 0.25) is 0 Å². The van der Waals surface area contributed by atoms with Crippen molar-refractivity contribution in [3.8, 4) is 0 Å². The minimum atomic E-state index is 0.738. The van der Waals surface area contributed by atoms with E-state index in [1.165, 1.54) is 31.2 Å². The molecule has 0 spiro atoms. The van der Waals surface area contributed by atoms with E-state index in [0.29, 0.717) is 0 Å². The van der Waals surface area contributed by atoms with Gasteiger partial charge >= 0.3 is 0 Å². The average Bonchev–Trinajstić information content (AvgIpc) is 2.86. The van der Waals surface area contributed by atoms with E-state index in [1.54, 1.807) is 11.3 Å². The Hall–Kier alpha value is -0.340. The van der Waals surface area contributed by atoms with Crippen LogP contribution in [0, 0.1) is 5.92 Å². The Bertz CT molecular complexity index is 251. The quantitative estimate of drug-likeness (QED) is 0.757. The first-order chi connectivity index (χ1) is 6.88. The van der Waals surface area contributed by atoms with Crippen LogP contribution in [-0.4, -0.2) is 6.04 Å². The molecule has 2 heteroatoms. The average molecular weight is 209 g/mol. The van der Waals surface area contributed by atoms with Crippen molar-refractivity contribution in [2.75, 3.05) is 0 Å². The summed E-state index contributed by atoms with van der Waals surface area (Å²) in [6.07, 6.45) is 5.59. The molecule has 14 heavy (non-hydrogen) atoms. The first-order valence-corrected chi connectivity index (χ1v) is 6.57. The molecule has 1 saturated carbocycles. The van der Waals surface area contributed by atoms with Crippen LogP contribution in [0.3, 0.4) is 0 Å². The minimum absolute atomic E-state index is 0.738. The summed E-state index contributed by atoms with van der Waals surface area (Å²) in [5.74, 6) is 1.04. The van der Waals surface area contributed by atoms with Crippen molar-refractivity contribution in [1.82, 2.24) is 5.32 Å². The molecule has 1 aliphatic carbocycles. The van der Waals surface area contributed by atoms with Gasteiger partial charge in [-0.3, -0.25) is 0 Å². The molecular formula is C12H19NS. The molecule has 1 aliphatic rings. The van der Waals surface area contributed by atoms with Crippen LogP contribution >= 0.6 is 11.3 Å². The third-order valence-electron chi connectivity index (χ3n) is 2.98. The lowest BCUT2D eigenvalue weighted by Gasteiger charge is -2.15. The highest BCUT2D eigenvalue weighted by molar-refractivity contribution is 7.07. The maximum atomic E-state index is 3.65. The summed E-state index contributed by atoms with van der Waals surface area (Å²) in [6, 6.07) is 2.95. The second-order valence-corrected chi connectivity index (χ2v) is 5.08. The fraction of sp³-hybridized carbons (Fsp3) is 0.667. The van der Waals surface area contributed by atoms with E-state index in [-0.39, 0.29) is 0 Å². The summed E-state index contributed by atoms with van der Waals surface area (Å²) >= 11 is 1.79. The van der Waals surface area contributed by atoms with Crippen molar-refractivity contribution in [2.45, 2.75) is 45.2 Å². The molecule has 1 fully saturated rings. The number of rotatable bonds is 6. The Morgan fingerprint density at radius 3 is 3.00 bits per heavy atom. The zero-order valence-electron chi connectivity index (χ0n) is 8.83. The summed E-state index contributed by atoms with van der Waals surface area (Å²) in [5.41, 5.74) is 1.43. The lowest BCUT2D eigenvalue weighted by atomic mass is 10.1. The first kappa shape index (κ1) is 10.2. The van der Waals surface area contributed by atoms with E-state index < -0.39 is 0 Å². The lowest BCUT2D eigenvalue weighted by molar-refractivity contribution is 0.445. The summed E-state index contributed by atoms with van der Waals surface area (Å²) in [7, 11) is 0. The summed E-state index contributed by atoms with van der Waals surface area (Å²) in [4.78, 5) is 0. The summed E-state index contributed by atoms with van der Waals surface area (Å²) in [6.45, 7) is 3.34. The predicted molar refractivity (Wildman–Crippen MR) is 62.6 cm³/mol. The zero-order valence-corrected chi connectivity index (χ0v) is 9.65. The van der Waals surface area contributed by atoms with Gasteiger partial charge in [0.05, 0.1) is 0 Å². The van der Waals surface area contributed by atoms with E-state index in [1.807, 2.05) is 0 Å². The van der Waals surface area contributed by atoms with E-state index in [0.717, 1.165) is 18.5 Å². The molecule has 0 aliphatic heterocycles. The van der Waals surface area contributed by atoms with E-state index in [2.05, 4.69) is 29.1 Å². The minimum Gasteiger partial charge on any atom is -0.310 e. The molecule has 0 saturated heterocycles. The number of hydrogen-bond donors (Lipinski definition) is 1. The van der Waals surface area contributed by atoms with Crippen LogP contribution in [0.4, 0.5) is 0 Å². The Morgan fingerprint density at radius 1 is 1.57 bits per heavy atom. The summed E-state index contributed by atoms with van der Waals surface area (Å²) in [5, 5.41) is 8.03. The second kappa shape index (κ2) is 4.94. The highest BCUT2D eigenvalue weighted by Crippen LogP contribution is 2.34.